The first-order valence-corrected chi connectivity index (χ1v) is 30.9. The van der Waals surface area contributed by atoms with E-state index < -0.39 is 36.6 Å². The summed E-state index contributed by atoms with van der Waals surface area (Å²) in [6, 6.07) is 0. The van der Waals surface area contributed by atoms with Gasteiger partial charge in [-0.1, -0.05) is 40.9 Å². The molecule has 0 aromatic heterocycles. The van der Waals surface area contributed by atoms with Crippen molar-refractivity contribution in [3.8, 4) is 0 Å². The highest BCUT2D eigenvalue weighted by molar-refractivity contribution is 4.67. The third-order valence-electron chi connectivity index (χ3n) is 11.3. The Morgan fingerprint density at radius 1 is 0.167 bits per heavy atom. The van der Waals surface area contributed by atoms with Crippen LogP contribution in [-0.2, 0) is 99.5 Å². The summed E-state index contributed by atoms with van der Waals surface area (Å²) < 4.78 is 123. The van der Waals surface area contributed by atoms with E-state index in [1.54, 1.807) is 0 Å². The molecule has 0 bridgehead atoms. The van der Waals surface area contributed by atoms with E-state index in [0.717, 1.165) is 0 Å². The lowest BCUT2D eigenvalue weighted by atomic mass is 10.3. The number of rotatable bonds is 79. The quantitative estimate of drug-likeness (QED) is 0.0274. The Morgan fingerprint density at radius 3 is 0.510 bits per heavy atom. The van der Waals surface area contributed by atoms with Gasteiger partial charge in [-0.05, 0) is 50.7 Å². The Bertz CT molecular complexity index is 2190. The fourth-order valence-electron chi connectivity index (χ4n) is 6.99. The zero-order chi connectivity index (χ0) is 69.4. The second kappa shape index (κ2) is 77.6. The molecule has 0 spiro atoms. The first kappa shape index (κ1) is 89.6. The predicted molar refractivity (Wildman–Crippen MR) is 337 cm³/mol. The smallest absolute Gasteiger partial charge is 0.104 e. The van der Waals surface area contributed by atoms with Crippen LogP contribution in [0.4, 0.5) is 0 Å². The van der Waals surface area contributed by atoms with Crippen molar-refractivity contribution in [2.45, 2.75) is 43.0 Å². The van der Waals surface area contributed by atoms with Crippen LogP contribution in [0.1, 0.15) is 6.42 Å². The van der Waals surface area contributed by atoms with Gasteiger partial charge in [0.2, 0.25) is 0 Å². The minimum absolute atomic E-state index is 0.00163. The van der Waals surface area contributed by atoms with Crippen molar-refractivity contribution in [3.63, 3.8) is 0 Å². The van der Waals surface area contributed by atoms with Crippen LogP contribution >= 0.6 is 0 Å². The molecule has 6 atom stereocenters. The van der Waals surface area contributed by atoms with Crippen LogP contribution in [0, 0.1) is 0 Å². The summed E-state index contributed by atoms with van der Waals surface area (Å²) in [6.07, 6.45) is -3.15. The molecule has 0 rings (SSSR count). The molecule has 0 heterocycles. The predicted octanol–water partition coefficient (Wildman–Crippen LogP) is 6.42. The molecule has 0 aliphatic carbocycles. The molecule has 96 heavy (non-hydrogen) atoms. The van der Waals surface area contributed by atoms with Gasteiger partial charge in [0, 0.05) is 105 Å². The summed E-state index contributed by atoms with van der Waals surface area (Å²) in [5.41, 5.74) is 68.7. The van der Waals surface area contributed by atoms with Crippen molar-refractivity contribution < 1.29 is 99.5 Å². The summed E-state index contributed by atoms with van der Waals surface area (Å²) >= 11 is 0. The number of hydrogen-bond acceptors (Lipinski definition) is 29. The second-order valence-corrected chi connectivity index (χ2v) is 18.7. The van der Waals surface area contributed by atoms with Gasteiger partial charge >= 0.3 is 0 Å². The van der Waals surface area contributed by atoms with Crippen LogP contribution in [0.25, 0.3) is 83.5 Å². The summed E-state index contributed by atoms with van der Waals surface area (Å²) in [5, 5.41) is 27.7. The molecule has 0 saturated heterocycles. The molecule has 0 aromatic carbocycles. The van der Waals surface area contributed by atoms with Crippen molar-refractivity contribution in [3.05, 3.63) is 83.5 Å². The van der Waals surface area contributed by atoms with Gasteiger partial charge < -0.3 is 99.5 Å². The van der Waals surface area contributed by atoms with Gasteiger partial charge in [-0.25, -0.2) is 0 Å². The van der Waals surface area contributed by atoms with Gasteiger partial charge in [0.25, 0.3) is 0 Å². The van der Waals surface area contributed by atoms with Gasteiger partial charge in [0.1, 0.15) is 36.6 Å². The fraction of sp³-hybridized carbons (Fsp3) is 1.00. The molecular formula is C51H96N24O21. The zero-order valence-corrected chi connectivity index (χ0v) is 54.6. The van der Waals surface area contributed by atoms with Crippen molar-refractivity contribution in [1.29, 1.82) is 0 Å². The monoisotopic (exact) mass is 1380 g/mol. The number of ether oxygens (including phenoxy) is 21. The molecule has 0 aliphatic heterocycles. The minimum atomic E-state index is -0.678. The van der Waals surface area contributed by atoms with Crippen LogP contribution in [-0.4, -0.2) is 327 Å². The molecule has 0 amide bonds. The summed E-state index contributed by atoms with van der Waals surface area (Å²) in [6.45, 7) is 6.63. The van der Waals surface area contributed by atoms with Crippen molar-refractivity contribution in [2.24, 2.45) is 40.9 Å². The van der Waals surface area contributed by atoms with Gasteiger partial charge in [-0.3, -0.25) is 0 Å². The Morgan fingerprint density at radius 2 is 0.312 bits per heavy atom. The molecule has 0 aliphatic rings. The topological polar surface area (TPSA) is 584 Å². The average molecular weight is 1380 g/mol. The SMILES string of the molecule is [N-]=[N+]=NCCOCCCOCC(COCC(COCC(COCC(COCC(COCC(COCCOCCN=[N+]=[N-])OCCOCCN=[N+]=[N-])OCCOCCN=[N+]=[N-])OCCOCCN=[N+]=[N-])OCCOCCN=[N+]=[N-])OCCOCCN=[N+]=[N-])OCCOCCN=[N+]=[N-]. The molecule has 6 unspecified atom stereocenters. The van der Waals surface area contributed by atoms with Gasteiger partial charge in [0.05, 0.1) is 225 Å². The van der Waals surface area contributed by atoms with Crippen LogP contribution in [0.15, 0.2) is 40.9 Å². The molecule has 45 heteroatoms. The van der Waals surface area contributed by atoms with Crippen LogP contribution in [0.2, 0.25) is 0 Å². The average Bonchev–Trinajstić information content (AvgIpc) is 3.57. The van der Waals surface area contributed by atoms with E-state index >= 15 is 0 Å². The Kier molecular flexibility index (Phi) is 72.5. The summed E-state index contributed by atoms with van der Waals surface area (Å²) in [5.74, 6) is 0. The van der Waals surface area contributed by atoms with Gasteiger partial charge in [-0.15, -0.1) is 0 Å². The number of hydrogen-bond donors (Lipinski definition) is 0. The summed E-state index contributed by atoms with van der Waals surface area (Å²) in [4.78, 5) is 21.8. The molecule has 45 nitrogen and oxygen atoms in total. The maximum atomic E-state index is 8.68. The maximum Gasteiger partial charge on any atom is 0.104 e. The lowest BCUT2D eigenvalue weighted by molar-refractivity contribution is -0.130. The van der Waals surface area contributed by atoms with Gasteiger partial charge in [-0.2, -0.15) is 0 Å². The first-order chi connectivity index (χ1) is 47.5. The van der Waals surface area contributed by atoms with E-state index in [4.69, 9.17) is 144 Å². The Balaban J connectivity index is 6.30. The van der Waals surface area contributed by atoms with E-state index in [0.29, 0.717) is 19.6 Å². The highest BCUT2D eigenvalue weighted by Crippen LogP contribution is 2.08. The van der Waals surface area contributed by atoms with Crippen molar-refractivity contribution >= 4 is 0 Å². The van der Waals surface area contributed by atoms with E-state index in [2.05, 4.69) is 80.2 Å². The number of azide groups is 8. The standard InChI is InChI=1S/C51H96N24O21/c52-68-60-2-12-76-10-1-11-84-34-46(91-28-22-78-14-4-62-70-54)36-86-38-48(93-30-24-80-16-6-64-72-56)40-88-42-50(95-32-26-82-18-8-66-74-58)44-90-45-51(96-33-27-83-19-9-67-75-59)43-89-41-49(94-31-25-81-17-7-65-73-57)39-87-37-47(92-29-23-79-15-5-63-71-55)35-85-21-20-77-13-3-61-69-53/h46-51H,1-45H2. The van der Waals surface area contributed by atoms with E-state index in [9.17, 15) is 0 Å². The first-order valence-electron chi connectivity index (χ1n) is 30.9. The zero-order valence-electron chi connectivity index (χ0n) is 54.6. The molecular weight excluding hydrogens is 1280 g/mol. The molecule has 0 saturated carbocycles. The van der Waals surface area contributed by atoms with Crippen LogP contribution in [0.5, 0.6) is 0 Å². The Labute approximate surface area is 555 Å². The normalized spacial score (nSPS) is 12.8. The minimum Gasteiger partial charge on any atom is -0.381 e. The van der Waals surface area contributed by atoms with E-state index in [1.807, 2.05) is 0 Å². The molecule has 0 aromatic rings. The number of nitrogens with zero attached hydrogens (tertiary/aromatic N) is 24. The molecule has 0 N–H and O–H groups in total. The third kappa shape index (κ3) is 67.6. The highest BCUT2D eigenvalue weighted by atomic mass is 16.6. The van der Waals surface area contributed by atoms with Crippen LogP contribution in [0.3, 0.4) is 0 Å². The van der Waals surface area contributed by atoms with Crippen molar-refractivity contribution in [2.75, 3.05) is 290 Å². The molecule has 0 radical (unpaired) electrons. The largest absolute Gasteiger partial charge is 0.381 e. The second-order valence-electron chi connectivity index (χ2n) is 18.7. The molecule has 546 valence electrons. The van der Waals surface area contributed by atoms with Gasteiger partial charge in [0.15, 0.2) is 0 Å². The lowest BCUT2D eigenvalue weighted by Crippen LogP contribution is -2.36. The maximum absolute atomic E-state index is 8.68. The molecule has 0 fully saturated rings. The van der Waals surface area contributed by atoms with E-state index in [-0.39, 0.29) is 277 Å². The van der Waals surface area contributed by atoms with Crippen molar-refractivity contribution in [1.82, 2.24) is 0 Å². The van der Waals surface area contributed by atoms with Crippen LogP contribution < -0.4 is 0 Å². The third-order valence-corrected chi connectivity index (χ3v) is 11.3. The lowest BCUT2D eigenvalue weighted by Gasteiger charge is -2.24. The van der Waals surface area contributed by atoms with E-state index in [1.165, 1.54) is 0 Å². The highest BCUT2D eigenvalue weighted by Gasteiger charge is 2.21. The summed E-state index contributed by atoms with van der Waals surface area (Å²) in [7, 11) is 0. The Hall–Kier alpha value is -6.36. The fourth-order valence-corrected chi connectivity index (χ4v) is 6.99.